The zero-order valence-corrected chi connectivity index (χ0v) is 21.5. The predicted octanol–water partition coefficient (Wildman–Crippen LogP) is 2.90. The van der Waals surface area contributed by atoms with Crippen LogP contribution in [-0.2, 0) is 25.0 Å². The van der Waals surface area contributed by atoms with E-state index in [9.17, 15) is 18.3 Å². The standard InChI is InChI=1S/C24H29N5O6S/c1-15(30)27-21-12-20(18(14-26-21)19-7-6-16(13-25-19)24(2,3)31)28-22-10-17(35-9-8-34-4)11-23(29-22)36(5,32)33/h6-7,10-14,31H,8-9H2,1-5H3,(H2,26,27,28,29,30). The predicted molar refractivity (Wildman–Crippen MR) is 135 cm³/mol. The maximum absolute atomic E-state index is 12.2. The highest BCUT2D eigenvalue weighted by molar-refractivity contribution is 7.90. The smallest absolute Gasteiger partial charge is 0.222 e. The fraction of sp³-hybridized carbons (Fsp3) is 0.333. The Labute approximate surface area is 209 Å². The molecule has 36 heavy (non-hydrogen) atoms. The summed E-state index contributed by atoms with van der Waals surface area (Å²) in [6.45, 7) is 5.22. The highest BCUT2D eigenvalue weighted by Gasteiger charge is 2.18. The monoisotopic (exact) mass is 515 g/mol. The van der Waals surface area contributed by atoms with E-state index in [1.807, 2.05) is 0 Å². The second-order valence-corrected chi connectivity index (χ2v) is 10.5. The van der Waals surface area contributed by atoms with Crippen LogP contribution in [0, 0.1) is 0 Å². The quantitative estimate of drug-likeness (QED) is 0.344. The van der Waals surface area contributed by atoms with E-state index in [2.05, 4.69) is 25.6 Å². The highest BCUT2D eigenvalue weighted by Crippen LogP contribution is 2.32. The average Bonchev–Trinajstić information content (AvgIpc) is 2.78. The van der Waals surface area contributed by atoms with Crippen LogP contribution in [0.4, 0.5) is 17.3 Å². The first-order valence-corrected chi connectivity index (χ1v) is 12.8. The van der Waals surface area contributed by atoms with Crippen LogP contribution in [-0.4, -0.2) is 61.0 Å². The number of rotatable bonds is 10. The molecule has 3 aromatic rings. The van der Waals surface area contributed by atoms with Crippen molar-refractivity contribution < 1.29 is 27.8 Å². The Kier molecular flexibility index (Phi) is 8.23. The lowest BCUT2D eigenvalue weighted by Gasteiger charge is -2.18. The maximum Gasteiger partial charge on any atom is 0.222 e. The van der Waals surface area contributed by atoms with Gasteiger partial charge in [0.2, 0.25) is 5.91 Å². The van der Waals surface area contributed by atoms with Crippen molar-refractivity contribution in [2.24, 2.45) is 0 Å². The van der Waals surface area contributed by atoms with Crippen molar-refractivity contribution in [3.8, 4) is 17.0 Å². The average molecular weight is 516 g/mol. The third kappa shape index (κ3) is 7.20. The van der Waals surface area contributed by atoms with Crippen LogP contribution in [0.15, 0.2) is 47.8 Å². The lowest BCUT2D eigenvalue weighted by atomic mass is 9.99. The van der Waals surface area contributed by atoms with Crippen molar-refractivity contribution >= 4 is 33.1 Å². The van der Waals surface area contributed by atoms with Gasteiger partial charge in [-0.15, -0.1) is 0 Å². The number of nitrogens with zero attached hydrogens (tertiary/aromatic N) is 3. The molecule has 0 aliphatic rings. The van der Waals surface area contributed by atoms with Crippen molar-refractivity contribution in [2.75, 3.05) is 37.2 Å². The van der Waals surface area contributed by atoms with Crippen LogP contribution in [0.2, 0.25) is 0 Å². The molecule has 0 saturated heterocycles. The molecule has 0 bridgehead atoms. The Bertz CT molecular complexity index is 1340. The van der Waals surface area contributed by atoms with E-state index < -0.39 is 15.4 Å². The molecule has 3 heterocycles. The lowest BCUT2D eigenvalue weighted by Crippen LogP contribution is -2.15. The summed E-state index contributed by atoms with van der Waals surface area (Å²) in [7, 11) is -2.11. The van der Waals surface area contributed by atoms with E-state index in [-0.39, 0.29) is 34.9 Å². The van der Waals surface area contributed by atoms with Gasteiger partial charge in [-0.05, 0) is 19.9 Å². The molecule has 0 saturated carbocycles. The summed E-state index contributed by atoms with van der Waals surface area (Å²) in [6.07, 6.45) is 4.14. The van der Waals surface area contributed by atoms with Crippen LogP contribution < -0.4 is 15.4 Å². The molecular weight excluding hydrogens is 486 g/mol. The second-order valence-electron chi connectivity index (χ2n) is 8.55. The molecule has 0 aliphatic heterocycles. The third-order valence-corrected chi connectivity index (χ3v) is 5.90. The van der Waals surface area contributed by atoms with Crippen molar-refractivity contribution in [3.63, 3.8) is 0 Å². The number of methoxy groups -OCH3 is 1. The van der Waals surface area contributed by atoms with Crippen LogP contribution in [0.3, 0.4) is 0 Å². The summed E-state index contributed by atoms with van der Waals surface area (Å²) in [4.78, 5) is 24.5. The number of pyridine rings is 3. The van der Waals surface area contributed by atoms with Gasteiger partial charge in [0.15, 0.2) is 14.9 Å². The van der Waals surface area contributed by atoms with Gasteiger partial charge in [0.1, 0.15) is 24.0 Å². The molecular formula is C24H29N5O6S. The molecule has 0 atom stereocenters. The van der Waals surface area contributed by atoms with E-state index in [0.717, 1.165) is 6.26 Å². The van der Waals surface area contributed by atoms with Gasteiger partial charge >= 0.3 is 0 Å². The fourth-order valence-electron chi connectivity index (χ4n) is 3.13. The summed E-state index contributed by atoms with van der Waals surface area (Å²) < 4.78 is 35.1. The summed E-state index contributed by atoms with van der Waals surface area (Å²) in [5.41, 5.74) is 1.11. The van der Waals surface area contributed by atoms with Crippen molar-refractivity contribution in [2.45, 2.75) is 31.4 Å². The van der Waals surface area contributed by atoms with Gasteiger partial charge in [-0.1, -0.05) is 6.07 Å². The number of aromatic nitrogens is 3. The zero-order chi connectivity index (χ0) is 26.5. The SMILES string of the molecule is COCCOc1cc(Nc2cc(NC(C)=O)ncc2-c2ccc(C(C)(C)O)cn2)nc(S(C)(=O)=O)c1. The number of hydrogen-bond acceptors (Lipinski definition) is 10. The molecule has 0 aromatic carbocycles. The topological polar surface area (TPSA) is 153 Å². The largest absolute Gasteiger partial charge is 0.491 e. The van der Waals surface area contributed by atoms with Crippen LogP contribution in [0.25, 0.3) is 11.3 Å². The van der Waals surface area contributed by atoms with Crippen LogP contribution >= 0.6 is 0 Å². The Morgan fingerprint density at radius 2 is 1.83 bits per heavy atom. The van der Waals surface area contributed by atoms with Gasteiger partial charge < -0.3 is 25.2 Å². The first-order valence-electron chi connectivity index (χ1n) is 10.9. The Morgan fingerprint density at radius 1 is 1.08 bits per heavy atom. The summed E-state index contributed by atoms with van der Waals surface area (Å²) in [5.74, 6) is 0.451. The van der Waals surface area contributed by atoms with Gasteiger partial charge in [-0.25, -0.2) is 18.4 Å². The number of anilines is 3. The molecule has 0 radical (unpaired) electrons. The number of carbonyl (C=O) groups excluding carboxylic acids is 1. The summed E-state index contributed by atoms with van der Waals surface area (Å²) in [5, 5.41) is 15.8. The minimum Gasteiger partial charge on any atom is -0.491 e. The first kappa shape index (κ1) is 27.0. The number of hydrogen-bond donors (Lipinski definition) is 3. The first-order chi connectivity index (χ1) is 16.9. The van der Waals surface area contributed by atoms with E-state index in [0.29, 0.717) is 29.1 Å². The molecule has 0 aliphatic carbocycles. The molecule has 3 N–H and O–H groups in total. The van der Waals surface area contributed by atoms with Crippen molar-refractivity contribution in [1.29, 1.82) is 0 Å². The zero-order valence-electron chi connectivity index (χ0n) is 20.7. The molecule has 11 nitrogen and oxygen atoms in total. The number of sulfone groups is 1. The number of carbonyl (C=O) groups is 1. The van der Waals surface area contributed by atoms with Crippen LogP contribution in [0.5, 0.6) is 5.75 Å². The lowest BCUT2D eigenvalue weighted by molar-refractivity contribution is -0.114. The van der Waals surface area contributed by atoms with Gasteiger partial charge in [0, 0.05) is 62.0 Å². The van der Waals surface area contributed by atoms with Gasteiger partial charge in [-0.3, -0.25) is 9.78 Å². The Balaban J connectivity index is 2.07. The number of nitrogens with one attached hydrogen (secondary N) is 2. The molecule has 192 valence electrons. The molecule has 3 rings (SSSR count). The highest BCUT2D eigenvalue weighted by atomic mass is 32.2. The minimum absolute atomic E-state index is 0.176. The number of aliphatic hydroxyl groups is 1. The van der Waals surface area contributed by atoms with Crippen molar-refractivity contribution in [1.82, 2.24) is 15.0 Å². The van der Waals surface area contributed by atoms with Gasteiger partial charge in [0.05, 0.1) is 23.6 Å². The van der Waals surface area contributed by atoms with Gasteiger partial charge in [0.25, 0.3) is 0 Å². The Morgan fingerprint density at radius 3 is 2.42 bits per heavy atom. The second kappa shape index (κ2) is 11.0. The molecule has 0 spiro atoms. The summed E-state index contributed by atoms with van der Waals surface area (Å²) >= 11 is 0. The molecule has 0 unspecified atom stereocenters. The third-order valence-electron chi connectivity index (χ3n) is 4.93. The van der Waals surface area contributed by atoms with E-state index in [1.54, 1.807) is 44.3 Å². The molecule has 0 fully saturated rings. The molecule has 12 heteroatoms. The van der Waals surface area contributed by atoms with Gasteiger partial charge in [-0.2, -0.15) is 0 Å². The Hall–Kier alpha value is -3.61. The minimum atomic E-state index is -3.64. The van der Waals surface area contributed by atoms with E-state index in [4.69, 9.17) is 9.47 Å². The van der Waals surface area contributed by atoms with Crippen LogP contribution in [0.1, 0.15) is 26.3 Å². The number of amides is 1. The summed E-state index contributed by atoms with van der Waals surface area (Å²) in [6, 6.07) is 7.95. The maximum atomic E-state index is 12.2. The van der Waals surface area contributed by atoms with Crippen molar-refractivity contribution in [3.05, 3.63) is 48.3 Å². The van der Waals surface area contributed by atoms with E-state index in [1.165, 1.54) is 26.3 Å². The van der Waals surface area contributed by atoms with E-state index >= 15 is 0 Å². The number of ether oxygens (including phenoxy) is 2. The molecule has 1 amide bonds. The normalized spacial score (nSPS) is 11.7. The molecule has 3 aromatic heterocycles. The fourth-order valence-corrected chi connectivity index (χ4v) is 3.72.